The molecule has 1 aromatic carbocycles. The van der Waals surface area contributed by atoms with Gasteiger partial charge in [0.15, 0.2) is 0 Å². The third-order valence-corrected chi connectivity index (χ3v) is 6.17. The van der Waals surface area contributed by atoms with Crippen LogP contribution in [0.15, 0.2) is 24.4 Å². The number of nitrogens with zero attached hydrogens (tertiary/aromatic N) is 3. The van der Waals surface area contributed by atoms with Gasteiger partial charge in [-0.1, -0.05) is 6.07 Å². The van der Waals surface area contributed by atoms with E-state index in [0.717, 1.165) is 43.8 Å². The normalized spacial score (nSPS) is 22.6. The number of aromatic nitrogens is 1. The van der Waals surface area contributed by atoms with Crippen molar-refractivity contribution in [2.75, 3.05) is 39.8 Å². The van der Waals surface area contributed by atoms with Crippen LogP contribution < -0.4 is 0 Å². The molecule has 0 aliphatic carbocycles. The van der Waals surface area contributed by atoms with Gasteiger partial charge >= 0.3 is 0 Å². The largest absolute Gasteiger partial charge is 0.361 e. The minimum absolute atomic E-state index is 0.157. The van der Waals surface area contributed by atoms with E-state index in [0.29, 0.717) is 12.1 Å². The summed E-state index contributed by atoms with van der Waals surface area (Å²) in [7, 11) is 2.20. The van der Waals surface area contributed by atoms with Crippen molar-refractivity contribution in [3.05, 3.63) is 35.5 Å². The Balaban J connectivity index is 1.52. The minimum atomic E-state index is 0.157. The van der Waals surface area contributed by atoms with Gasteiger partial charge in [0.2, 0.25) is 0 Å². The number of aromatic amines is 1. The third-order valence-electron chi connectivity index (χ3n) is 6.17. The molecule has 2 aliphatic heterocycles. The lowest BCUT2D eigenvalue weighted by Gasteiger charge is -2.37. The summed E-state index contributed by atoms with van der Waals surface area (Å²) in [5.74, 6) is 0.157. The molecule has 2 aliphatic rings. The zero-order valence-corrected chi connectivity index (χ0v) is 16.2. The maximum absolute atomic E-state index is 12.9. The van der Waals surface area contributed by atoms with E-state index in [4.69, 9.17) is 0 Å². The number of hydrogen-bond donors (Lipinski definition) is 1. The highest BCUT2D eigenvalue weighted by Crippen LogP contribution is 2.35. The lowest BCUT2D eigenvalue weighted by molar-refractivity contribution is 0.0595. The second-order valence-electron chi connectivity index (χ2n) is 8.06. The van der Waals surface area contributed by atoms with E-state index in [1.165, 1.54) is 23.8 Å². The predicted octanol–water partition coefficient (Wildman–Crippen LogP) is 3.10. The van der Waals surface area contributed by atoms with Gasteiger partial charge in [-0.25, -0.2) is 0 Å². The number of carbonyl (C=O) groups excluding carboxylic acids is 1. The second-order valence-corrected chi connectivity index (χ2v) is 8.06. The van der Waals surface area contributed by atoms with Crippen LogP contribution in [-0.2, 0) is 0 Å². The maximum Gasteiger partial charge on any atom is 0.254 e. The Morgan fingerprint density at radius 2 is 1.92 bits per heavy atom. The van der Waals surface area contributed by atoms with Gasteiger partial charge < -0.3 is 9.88 Å². The van der Waals surface area contributed by atoms with Crippen LogP contribution in [0.5, 0.6) is 0 Å². The first kappa shape index (κ1) is 17.6. The fourth-order valence-electron chi connectivity index (χ4n) is 4.48. The van der Waals surface area contributed by atoms with Crippen LogP contribution in [-0.4, -0.2) is 71.4 Å². The van der Waals surface area contributed by atoms with Crippen molar-refractivity contribution in [2.24, 2.45) is 0 Å². The summed E-state index contributed by atoms with van der Waals surface area (Å²) in [5, 5.41) is 1.25. The topological polar surface area (TPSA) is 42.6 Å². The average Bonchev–Trinajstić information content (AvgIpc) is 3.26. The first-order valence-corrected chi connectivity index (χ1v) is 9.89. The lowest BCUT2D eigenvalue weighted by Crippen LogP contribution is -2.50. The SMILES string of the molecule is CC(C)N1CCN(C(=O)c2ccc3c(C4CCCN4C)c[nH]c3c2)CC1. The molecule has 3 heterocycles. The molecule has 2 fully saturated rings. The van der Waals surface area contributed by atoms with Gasteiger partial charge in [0.25, 0.3) is 5.91 Å². The molecule has 1 atom stereocenters. The van der Waals surface area contributed by atoms with Gasteiger partial charge in [-0.3, -0.25) is 14.6 Å². The standard InChI is InChI=1S/C21H30N4O/c1-15(2)24-9-11-25(12-10-24)21(26)16-6-7-17-18(14-22-19(17)13-16)20-5-4-8-23(20)3/h6-7,13-15,20,22H,4-5,8-12H2,1-3H3. The zero-order chi connectivity index (χ0) is 18.3. The molecule has 0 saturated carbocycles. The fraction of sp³-hybridized carbons (Fsp3) is 0.571. The van der Waals surface area contributed by atoms with Crippen molar-refractivity contribution in [3.63, 3.8) is 0 Å². The van der Waals surface area contributed by atoms with Gasteiger partial charge in [0, 0.05) is 60.9 Å². The van der Waals surface area contributed by atoms with Crippen molar-refractivity contribution in [3.8, 4) is 0 Å². The first-order chi connectivity index (χ1) is 12.5. The van der Waals surface area contributed by atoms with Crippen LogP contribution in [0.4, 0.5) is 0 Å². The van der Waals surface area contributed by atoms with E-state index >= 15 is 0 Å². The van der Waals surface area contributed by atoms with E-state index in [1.54, 1.807) is 0 Å². The molecule has 0 spiro atoms. The Morgan fingerprint density at radius 3 is 2.58 bits per heavy atom. The number of fused-ring (bicyclic) bond motifs is 1. The molecule has 2 aromatic rings. The molecule has 1 N–H and O–H groups in total. The number of benzene rings is 1. The number of hydrogen-bond acceptors (Lipinski definition) is 3. The van der Waals surface area contributed by atoms with Gasteiger partial charge in [0.05, 0.1) is 0 Å². The van der Waals surface area contributed by atoms with Crippen LogP contribution in [0.25, 0.3) is 10.9 Å². The van der Waals surface area contributed by atoms with E-state index in [1.807, 2.05) is 17.0 Å². The van der Waals surface area contributed by atoms with Crippen molar-refractivity contribution >= 4 is 16.8 Å². The van der Waals surface area contributed by atoms with Gasteiger partial charge in [0.1, 0.15) is 0 Å². The quantitative estimate of drug-likeness (QED) is 0.921. The van der Waals surface area contributed by atoms with Crippen LogP contribution in [0.1, 0.15) is 48.7 Å². The lowest BCUT2D eigenvalue weighted by atomic mass is 10.0. The number of carbonyl (C=O) groups is 1. The number of rotatable bonds is 3. The summed E-state index contributed by atoms with van der Waals surface area (Å²) in [4.78, 5) is 23.2. The summed E-state index contributed by atoms with van der Waals surface area (Å²) in [5.41, 5.74) is 3.24. The monoisotopic (exact) mass is 354 g/mol. The van der Waals surface area contributed by atoms with Crippen molar-refractivity contribution in [1.82, 2.24) is 19.7 Å². The molecule has 0 bridgehead atoms. The molecular weight excluding hydrogens is 324 g/mol. The van der Waals surface area contributed by atoms with E-state index in [9.17, 15) is 4.79 Å². The summed E-state index contributed by atoms with van der Waals surface area (Å²) >= 11 is 0. The number of nitrogens with one attached hydrogen (secondary N) is 1. The highest BCUT2D eigenvalue weighted by atomic mass is 16.2. The van der Waals surface area contributed by atoms with E-state index < -0.39 is 0 Å². The fourth-order valence-corrected chi connectivity index (χ4v) is 4.48. The summed E-state index contributed by atoms with van der Waals surface area (Å²) in [6.45, 7) is 9.16. The molecule has 5 heteroatoms. The molecule has 26 heavy (non-hydrogen) atoms. The maximum atomic E-state index is 12.9. The first-order valence-electron chi connectivity index (χ1n) is 9.89. The zero-order valence-electron chi connectivity index (χ0n) is 16.2. The summed E-state index contributed by atoms with van der Waals surface area (Å²) in [6, 6.07) is 7.21. The molecule has 0 radical (unpaired) electrons. The Morgan fingerprint density at radius 1 is 1.15 bits per heavy atom. The molecular formula is C21H30N4O. The van der Waals surface area contributed by atoms with Gasteiger partial charge in [-0.05, 0) is 58.0 Å². The Labute approximate surface area is 155 Å². The summed E-state index contributed by atoms with van der Waals surface area (Å²) in [6.07, 6.45) is 4.60. The van der Waals surface area contributed by atoms with Crippen LogP contribution >= 0.6 is 0 Å². The van der Waals surface area contributed by atoms with Gasteiger partial charge in [-0.2, -0.15) is 0 Å². The minimum Gasteiger partial charge on any atom is -0.361 e. The number of piperazine rings is 1. The Hall–Kier alpha value is -1.85. The van der Waals surface area contributed by atoms with Gasteiger partial charge in [-0.15, -0.1) is 0 Å². The number of amides is 1. The average molecular weight is 354 g/mol. The molecule has 1 aromatic heterocycles. The van der Waals surface area contributed by atoms with Crippen LogP contribution in [0.2, 0.25) is 0 Å². The smallest absolute Gasteiger partial charge is 0.254 e. The molecule has 140 valence electrons. The molecule has 2 saturated heterocycles. The molecule has 4 rings (SSSR count). The molecule has 5 nitrogen and oxygen atoms in total. The Bertz CT molecular complexity index is 788. The molecule has 1 unspecified atom stereocenters. The number of likely N-dealkylation sites (tertiary alicyclic amines) is 1. The van der Waals surface area contributed by atoms with Crippen molar-refractivity contribution in [2.45, 2.75) is 38.8 Å². The predicted molar refractivity (Wildman–Crippen MR) is 106 cm³/mol. The summed E-state index contributed by atoms with van der Waals surface area (Å²) < 4.78 is 0. The Kier molecular flexibility index (Phi) is 4.76. The van der Waals surface area contributed by atoms with E-state index in [-0.39, 0.29) is 5.91 Å². The van der Waals surface area contributed by atoms with Crippen molar-refractivity contribution < 1.29 is 4.79 Å². The second kappa shape index (κ2) is 7.05. The highest BCUT2D eigenvalue weighted by Gasteiger charge is 2.26. The molecule has 1 amide bonds. The van der Waals surface area contributed by atoms with E-state index in [2.05, 4.69) is 47.9 Å². The number of H-pyrrole nitrogens is 1. The van der Waals surface area contributed by atoms with Crippen molar-refractivity contribution in [1.29, 1.82) is 0 Å². The van der Waals surface area contributed by atoms with Crippen LogP contribution in [0, 0.1) is 0 Å². The third kappa shape index (κ3) is 3.14. The van der Waals surface area contributed by atoms with Crippen LogP contribution in [0.3, 0.4) is 0 Å². The highest BCUT2D eigenvalue weighted by molar-refractivity contribution is 5.98.